The molecule has 5 heteroatoms. The number of aromatic nitrogens is 1. The molecule has 2 amide bonds. The predicted octanol–water partition coefficient (Wildman–Crippen LogP) is 4.04. The maximum absolute atomic E-state index is 12.9. The summed E-state index contributed by atoms with van der Waals surface area (Å²) in [6.07, 6.45) is 3.44. The fourth-order valence-corrected chi connectivity index (χ4v) is 4.38. The van der Waals surface area contributed by atoms with Gasteiger partial charge in [0.05, 0.1) is 6.04 Å². The first-order valence-electron chi connectivity index (χ1n) is 8.88. The van der Waals surface area contributed by atoms with Crippen molar-refractivity contribution in [2.45, 2.75) is 18.9 Å². The number of hydrogen-bond donors (Lipinski definition) is 1. The number of hydrogen-bond acceptors (Lipinski definition) is 3. The fraction of sp³-hybridized carbons (Fsp3) is 0.238. The van der Waals surface area contributed by atoms with Crippen molar-refractivity contribution in [1.82, 2.24) is 15.2 Å². The van der Waals surface area contributed by atoms with Crippen LogP contribution < -0.4 is 5.32 Å². The Kier molecular flexibility index (Phi) is 4.97. The van der Waals surface area contributed by atoms with E-state index >= 15 is 0 Å². The second-order valence-corrected chi connectivity index (χ2v) is 7.36. The van der Waals surface area contributed by atoms with Crippen LogP contribution in [0, 0.1) is 0 Å². The number of rotatable bonds is 4. The van der Waals surface area contributed by atoms with Crippen molar-refractivity contribution in [3.8, 4) is 0 Å². The van der Waals surface area contributed by atoms with Crippen LogP contribution in [0.1, 0.15) is 27.7 Å². The van der Waals surface area contributed by atoms with Crippen molar-refractivity contribution >= 4 is 17.4 Å². The lowest BCUT2D eigenvalue weighted by Gasteiger charge is -2.36. The van der Waals surface area contributed by atoms with Gasteiger partial charge in [-0.1, -0.05) is 36.4 Å². The fourth-order valence-electron chi connectivity index (χ4n) is 3.48. The number of fused-ring (bicyclic) bond motifs is 1. The number of benzene rings is 1. The molecule has 0 bridgehead atoms. The van der Waals surface area contributed by atoms with E-state index in [0.29, 0.717) is 6.54 Å². The van der Waals surface area contributed by atoms with Crippen LogP contribution in [-0.2, 0) is 12.8 Å². The third kappa shape index (κ3) is 3.48. The molecule has 0 spiro atoms. The molecule has 0 saturated carbocycles. The van der Waals surface area contributed by atoms with Gasteiger partial charge in [-0.15, -0.1) is 11.3 Å². The van der Waals surface area contributed by atoms with Crippen LogP contribution in [0.5, 0.6) is 0 Å². The summed E-state index contributed by atoms with van der Waals surface area (Å²) in [4.78, 5) is 20.6. The third-order valence-electron chi connectivity index (χ3n) is 4.73. The van der Waals surface area contributed by atoms with Crippen molar-refractivity contribution in [2.24, 2.45) is 0 Å². The quantitative estimate of drug-likeness (QED) is 0.760. The minimum absolute atomic E-state index is 0.00775. The SMILES string of the molecule is O=C(NCCc1ccccn1)N1CCc2sccc2[C@H]1c1ccccc1. The predicted molar refractivity (Wildman–Crippen MR) is 104 cm³/mol. The minimum Gasteiger partial charge on any atom is -0.338 e. The van der Waals surface area contributed by atoms with Crippen LogP contribution in [-0.4, -0.2) is 29.0 Å². The second-order valence-electron chi connectivity index (χ2n) is 6.36. The molecule has 26 heavy (non-hydrogen) atoms. The van der Waals surface area contributed by atoms with Crippen LogP contribution in [0.15, 0.2) is 66.2 Å². The Morgan fingerprint density at radius 3 is 2.81 bits per heavy atom. The van der Waals surface area contributed by atoms with E-state index in [-0.39, 0.29) is 12.1 Å². The van der Waals surface area contributed by atoms with E-state index in [4.69, 9.17) is 0 Å². The number of carbonyl (C=O) groups is 1. The Morgan fingerprint density at radius 1 is 1.15 bits per heavy atom. The molecule has 4 rings (SSSR count). The molecule has 1 aliphatic rings. The monoisotopic (exact) mass is 363 g/mol. The van der Waals surface area contributed by atoms with Gasteiger partial charge in [-0.25, -0.2) is 4.79 Å². The van der Waals surface area contributed by atoms with E-state index in [1.54, 1.807) is 17.5 Å². The maximum Gasteiger partial charge on any atom is 0.318 e. The smallest absolute Gasteiger partial charge is 0.318 e. The van der Waals surface area contributed by atoms with E-state index in [1.807, 2.05) is 41.3 Å². The van der Waals surface area contributed by atoms with Crippen LogP contribution in [0.3, 0.4) is 0 Å². The van der Waals surface area contributed by atoms with Gasteiger partial charge in [-0.3, -0.25) is 4.98 Å². The summed E-state index contributed by atoms with van der Waals surface area (Å²) < 4.78 is 0. The van der Waals surface area contributed by atoms with Gasteiger partial charge in [0.15, 0.2) is 0 Å². The zero-order valence-corrected chi connectivity index (χ0v) is 15.3. The second kappa shape index (κ2) is 7.70. The minimum atomic E-state index is -0.0129. The Labute approximate surface area is 157 Å². The molecule has 0 fully saturated rings. The Hall–Kier alpha value is -2.66. The van der Waals surface area contributed by atoms with Gasteiger partial charge in [0, 0.05) is 36.3 Å². The van der Waals surface area contributed by atoms with Gasteiger partial charge < -0.3 is 10.2 Å². The Morgan fingerprint density at radius 2 is 2.00 bits per heavy atom. The van der Waals surface area contributed by atoms with E-state index in [0.717, 1.165) is 30.6 Å². The molecule has 3 aromatic rings. The third-order valence-corrected chi connectivity index (χ3v) is 5.72. The molecule has 0 unspecified atom stereocenters. The first kappa shape index (κ1) is 16.8. The summed E-state index contributed by atoms with van der Waals surface area (Å²) in [7, 11) is 0. The number of thiophene rings is 1. The first-order valence-corrected chi connectivity index (χ1v) is 9.76. The largest absolute Gasteiger partial charge is 0.338 e. The van der Waals surface area contributed by atoms with Crippen LogP contribution in [0.2, 0.25) is 0 Å². The van der Waals surface area contributed by atoms with Gasteiger partial charge in [-0.05, 0) is 41.1 Å². The Bertz CT molecular complexity index is 863. The number of pyridine rings is 1. The molecular formula is C21H21N3OS. The highest BCUT2D eigenvalue weighted by Gasteiger charge is 2.32. The zero-order chi connectivity index (χ0) is 17.8. The van der Waals surface area contributed by atoms with Gasteiger partial charge in [0.2, 0.25) is 0 Å². The van der Waals surface area contributed by atoms with E-state index in [1.165, 1.54) is 10.4 Å². The molecule has 132 valence electrons. The number of amides is 2. The molecule has 1 N–H and O–H groups in total. The molecule has 0 saturated heterocycles. The topological polar surface area (TPSA) is 45.2 Å². The number of carbonyl (C=O) groups excluding carboxylic acids is 1. The average Bonchev–Trinajstić information content (AvgIpc) is 3.17. The van der Waals surface area contributed by atoms with Crippen LogP contribution in [0.4, 0.5) is 4.79 Å². The summed E-state index contributed by atoms with van der Waals surface area (Å²) in [5, 5.41) is 5.20. The highest BCUT2D eigenvalue weighted by Crippen LogP contribution is 2.37. The standard InChI is InChI=1S/C21H21N3OS/c25-21(23-13-9-17-8-4-5-12-22-17)24-14-10-19-18(11-15-26-19)20(24)16-6-2-1-3-7-16/h1-8,11-12,15,20H,9-10,13-14H2,(H,23,25)/t20-/m1/s1. The lowest BCUT2D eigenvalue weighted by molar-refractivity contribution is 0.181. The van der Waals surface area contributed by atoms with Gasteiger partial charge in [0.25, 0.3) is 0 Å². The van der Waals surface area contributed by atoms with E-state index in [2.05, 4.69) is 33.9 Å². The molecule has 4 nitrogen and oxygen atoms in total. The molecule has 1 aromatic carbocycles. The van der Waals surface area contributed by atoms with Gasteiger partial charge in [0.1, 0.15) is 0 Å². The van der Waals surface area contributed by atoms with Crippen molar-refractivity contribution in [1.29, 1.82) is 0 Å². The summed E-state index contributed by atoms with van der Waals surface area (Å²) in [5.41, 5.74) is 3.41. The molecule has 0 radical (unpaired) electrons. The van der Waals surface area contributed by atoms with E-state index in [9.17, 15) is 4.79 Å². The van der Waals surface area contributed by atoms with Gasteiger partial charge >= 0.3 is 6.03 Å². The highest BCUT2D eigenvalue weighted by atomic mass is 32.1. The lowest BCUT2D eigenvalue weighted by atomic mass is 9.93. The van der Waals surface area contributed by atoms with Crippen molar-refractivity contribution < 1.29 is 4.79 Å². The molecule has 1 atom stereocenters. The summed E-state index contributed by atoms with van der Waals surface area (Å²) >= 11 is 1.79. The van der Waals surface area contributed by atoms with E-state index < -0.39 is 0 Å². The number of nitrogens with zero attached hydrogens (tertiary/aromatic N) is 2. The Balaban J connectivity index is 1.50. The normalized spacial score (nSPS) is 16.2. The van der Waals surface area contributed by atoms with Gasteiger partial charge in [-0.2, -0.15) is 0 Å². The summed E-state index contributed by atoms with van der Waals surface area (Å²) in [6.45, 7) is 1.33. The summed E-state index contributed by atoms with van der Waals surface area (Å²) in [5.74, 6) is 0. The molecule has 1 aliphatic heterocycles. The average molecular weight is 363 g/mol. The number of urea groups is 1. The molecule has 3 heterocycles. The first-order chi connectivity index (χ1) is 12.8. The lowest BCUT2D eigenvalue weighted by Crippen LogP contribution is -2.46. The van der Waals surface area contributed by atoms with Crippen LogP contribution in [0.25, 0.3) is 0 Å². The molecular weight excluding hydrogens is 342 g/mol. The molecule has 2 aromatic heterocycles. The summed E-state index contributed by atoms with van der Waals surface area (Å²) in [6, 6.07) is 18.3. The van der Waals surface area contributed by atoms with Crippen molar-refractivity contribution in [3.63, 3.8) is 0 Å². The maximum atomic E-state index is 12.9. The zero-order valence-electron chi connectivity index (χ0n) is 14.5. The van der Waals surface area contributed by atoms with Crippen molar-refractivity contribution in [2.75, 3.05) is 13.1 Å². The molecule has 0 aliphatic carbocycles. The highest BCUT2D eigenvalue weighted by molar-refractivity contribution is 7.10. The van der Waals surface area contributed by atoms with Crippen molar-refractivity contribution in [3.05, 3.63) is 87.9 Å². The van der Waals surface area contributed by atoms with Crippen LogP contribution >= 0.6 is 11.3 Å². The number of nitrogens with one attached hydrogen (secondary N) is 1.